The summed E-state index contributed by atoms with van der Waals surface area (Å²) in [6.45, 7) is 1.92. The lowest BCUT2D eigenvalue weighted by Gasteiger charge is -2.12. The number of benzene rings is 3. The minimum absolute atomic E-state index is 0.108. The summed E-state index contributed by atoms with van der Waals surface area (Å²) in [4.78, 5) is 22.0. The highest BCUT2D eigenvalue weighted by Gasteiger charge is 2.22. The number of nitrogens with one attached hydrogen (secondary N) is 1. The average Bonchev–Trinajstić information content (AvgIpc) is 2.80. The van der Waals surface area contributed by atoms with E-state index in [2.05, 4.69) is 26.5 Å². The van der Waals surface area contributed by atoms with Crippen LogP contribution in [0.2, 0.25) is 0 Å². The highest BCUT2D eigenvalue weighted by atomic mass is 79.9. The molecule has 0 aliphatic heterocycles. The van der Waals surface area contributed by atoms with Gasteiger partial charge in [0.05, 0.1) is 17.7 Å². The Bertz CT molecular complexity index is 1360. The number of hydrazone groups is 1. The zero-order chi connectivity index (χ0) is 24.7. The number of halogens is 1. The molecule has 3 aromatic rings. The van der Waals surface area contributed by atoms with Crippen molar-refractivity contribution in [3.05, 3.63) is 92.4 Å². The number of carbonyl (C=O) groups excluding carboxylic acids is 1. The number of amides is 1. The van der Waals surface area contributed by atoms with Gasteiger partial charge in [-0.05, 0) is 55.0 Å². The highest BCUT2D eigenvalue weighted by Crippen LogP contribution is 2.31. The van der Waals surface area contributed by atoms with Crippen LogP contribution in [0.1, 0.15) is 22.8 Å². The third-order valence-electron chi connectivity index (χ3n) is 4.25. The molecular weight excluding hydrogens is 530 g/mol. The maximum Gasteiger partial charge on any atom is 0.339 e. The van der Waals surface area contributed by atoms with E-state index >= 15 is 0 Å². The van der Waals surface area contributed by atoms with Gasteiger partial charge in [-0.25, -0.2) is 5.43 Å². The fourth-order valence-corrected chi connectivity index (χ4v) is 4.10. The van der Waals surface area contributed by atoms with Gasteiger partial charge < -0.3 is 8.92 Å². The number of nitro groups is 1. The molecule has 0 spiro atoms. The van der Waals surface area contributed by atoms with E-state index < -0.39 is 20.9 Å². The summed E-state index contributed by atoms with van der Waals surface area (Å²) in [6, 6.07) is 15.7. The van der Waals surface area contributed by atoms with Crippen LogP contribution in [0, 0.1) is 10.1 Å². The summed E-state index contributed by atoms with van der Waals surface area (Å²) in [5, 5.41) is 14.9. The van der Waals surface area contributed by atoms with Crippen LogP contribution < -0.4 is 14.3 Å². The van der Waals surface area contributed by atoms with E-state index in [4.69, 9.17) is 8.92 Å². The number of nitrogens with zero attached hydrogens (tertiary/aromatic N) is 2. The molecule has 0 aliphatic carbocycles. The SMILES string of the molecule is CCOc1cc(/C=N\NC(=O)c2cccc(Br)c2)ccc1OS(=O)(=O)c1cccc([N+](=O)[O-])c1. The van der Waals surface area contributed by atoms with E-state index in [1.165, 1.54) is 42.6 Å². The second-order valence-corrected chi connectivity index (χ2v) is 9.10. The van der Waals surface area contributed by atoms with Crippen molar-refractivity contribution < 1.29 is 27.1 Å². The summed E-state index contributed by atoms with van der Waals surface area (Å²) in [7, 11) is -4.36. The summed E-state index contributed by atoms with van der Waals surface area (Å²) in [5.74, 6) is -0.409. The number of nitro benzene ring substituents is 1. The largest absolute Gasteiger partial charge is 0.490 e. The quantitative estimate of drug-likeness (QED) is 0.182. The fourth-order valence-electron chi connectivity index (χ4n) is 2.72. The van der Waals surface area contributed by atoms with Crippen molar-refractivity contribution in [3.63, 3.8) is 0 Å². The Balaban J connectivity index is 1.78. The van der Waals surface area contributed by atoms with E-state index in [0.717, 1.165) is 10.5 Å². The molecule has 0 radical (unpaired) electrons. The fraction of sp³-hybridized carbons (Fsp3) is 0.0909. The molecule has 0 saturated heterocycles. The average molecular weight is 548 g/mol. The van der Waals surface area contributed by atoms with Gasteiger partial charge in [0, 0.05) is 22.2 Å². The van der Waals surface area contributed by atoms with Gasteiger partial charge in [0.25, 0.3) is 11.6 Å². The first-order chi connectivity index (χ1) is 16.2. The first-order valence-electron chi connectivity index (χ1n) is 9.74. The summed E-state index contributed by atoms with van der Waals surface area (Å²) in [6.07, 6.45) is 1.36. The lowest BCUT2D eigenvalue weighted by Crippen LogP contribution is -2.17. The normalized spacial score (nSPS) is 11.2. The first-order valence-corrected chi connectivity index (χ1v) is 11.9. The number of non-ortho nitro benzene ring substituents is 1. The van der Waals surface area contributed by atoms with Crippen molar-refractivity contribution in [1.29, 1.82) is 0 Å². The van der Waals surface area contributed by atoms with Crippen LogP contribution in [0.25, 0.3) is 0 Å². The van der Waals surface area contributed by atoms with Crippen molar-refractivity contribution in [1.82, 2.24) is 5.43 Å². The van der Waals surface area contributed by atoms with E-state index in [9.17, 15) is 23.3 Å². The van der Waals surface area contributed by atoms with Crippen molar-refractivity contribution in [2.75, 3.05) is 6.61 Å². The van der Waals surface area contributed by atoms with Crippen LogP contribution in [0.5, 0.6) is 11.5 Å². The summed E-state index contributed by atoms with van der Waals surface area (Å²) >= 11 is 3.29. The van der Waals surface area contributed by atoms with E-state index in [-0.39, 0.29) is 28.7 Å². The number of hydrogen-bond acceptors (Lipinski definition) is 8. The lowest BCUT2D eigenvalue weighted by atomic mass is 10.2. The molecule has 0 fully saturated rings. The maximum absolute atomic E-state index is 12.6. The molecule has 10 nitrogen and oxygen atoms in total. The zero-order valence-corrected chi connectivity index (χ0v) is 20.1. The molecule has 0 saturated carbocycles. The minimum atomic E-state index is -4.36. The Kier molecular flexibility index (Phi) is 7.97. The molecule has 0 heterocycles. The molecule has 0 aromatic heterocycles. The predicted octanol–water partition coefficient (Wildman–Crippen LogP) is 4.29. The van der Waals surface area contributed by atoms with Gasteiger partial charge in [0.2, 0.25) is 0 Å². The molecule has 0 atom stereocenters. The molecule has 12 heteroatoms. The maximum atomic E-state index is 12.6. The third-order valence-corrected chi connectivity index (χ3v) is 5.97. The van der Waals surface area contributed by atoms with Crippen LogP contribution in [0.15, 0.2) is 81.2 Å². The van der Waals surface area contributed by atoms with Gasteiger partial charge in [-0.1, -0.05) is 28.1 Å². The van der Waals surface area contributed by atoms with Gasteiger partial charge in [0.15, 0.2) is 11.5 Å². The van der Waals surface area contributed by atoms with Gasteiger partial charge in [-0.3, -0.25) is 14.9 Å². The topological polar surface area (TPSA) is 137 Å². The van der Waals surface area contributed by atoms with E-state index in [1.54, 1.807) is 31.2 Å². The second-order valence-electron chi connectivity index (χ2n) is 6.64. The molecular formula is C22H18BrN3O7S. The Labute approximate surface area is 203 Å². The van der Waals surface area contributed by atoms with Crippen LogP contribution >= 0.6 is 15.9 Å². The van der Waals surface area contributed by atoms with Crippen LogP contribution in [0.3, 0.4) is 0 Å². The van der Waals surface area contributed by atoms with Gasteiger partial charge >= 0.3 is 10.1 Å². The molecule has 0 aliphatic rings. The Morgan fingerprint density at radius 2 is 1.88 bits per heavy atom. The monoisotopic (exact) mass is 547 g/mol. The van der Waals surface area contributed by atoms with Gasteiger partial charge in [0.1, 0.15) is 4.90 Å². The highest BCUT2D eigenvalue weighted by molar-refractivity contribution is 9.10. The Morgan fingerprint density at radius 1 is 1.12 bits per heavy atom. The van der Waals surface area contributed by atoms with Gasteiger partial charge in [-0.2, -0.15) is 13.5 Å². The molecule has 176 valence electrons. The third kappa shape index (κ3) is 6.39. The van der Waals surface area contributed by atoms with Crippen LogP contribution in [-0.2, 0) is 10.1 Å². The van der Waals surface area contributed by atoms with Crippen molar-refractivity contribution >= 4 is 43.9 Å². The smallest absolute Gasteiger partial charge is 0.339 e. The summed E-state index contributed by atoms with van der Waals surface area (Å²) in [5.41, 5.74) is 2.93. The number of hydrogen-bond donors (Lipinski definition) is 1. The predicted molar refractivity (Wildman–Crippen MR) is 128 cm³/mol. The Morgan fingerprint density at radius 3 is 2.59 bits per heavy atom. The second kappa shape index (κ2) is 10.9. The van der Waals surface area contributed by atoms with E-state index in [1.807, 2.05) is 0 Å². The lowest BCUT2D eigenvalue weighted by molar-refractivity contribution is -0.385. The molecule has 1 amide bonds. The molecule has 0 bridgehead atoms. The molecule has 1 N–H and O–H groups in total. The summed E-state index contributed by atoms with van der Waals surface area (Å²) < 4.78 is 36.7. The minimum Gasteiger partial charge on any atom is -0.490 e. The number of rotatable bonds is 9. The van der Waals surface area contributed by atoms with Crippen molar-refractivity contribution in [3.8, 4) is 11.5 Å². The standard InChI is InChI=1S/C22H18BrN3O7S/c1-2-32-21-11-15(14-24-25-22(27)16-5-3-6-17(23)12-16)9-10-20(21)33-34(30,31)19-8-4-7-18(13-19)26(28)29/h3-14H,2H2,1H3,(H,25,27)/b24-14-. The number of ether oxygens (including phenoxy) is 1. The molecule has 3 rings (SSSR count). The van der Waals surface area contributed by atoms with E-state index in [0.29, 0.717) is 11.1 Å². The molecule has 3 aromatic carbocycles. The number of carbonyl (C=O) groups is 1. The molecule has 34 heavy (non-hydrogen) atoms. The van der Waals surface area contributed by atoms with Crippen LogP contribution in [-0.4, -0.2) is 32.1 Å². The molecule has 0 unspecified atom stereocenters. The van der Waals surface area contributed by atoms with Crippen molar-refractivity contribution in [2.45, 2.75) is 11.8 Å². The van der Waals surface area contributed by atoms with Crippen molar-refractivity contribution in [2.24, 2.45) is 5.10 Å². The Hall–Kier alpha value is -3.77. The van der Waals surface area contributed by atoms with Crippen LogP contribution in [0.4, 0.5) is 5.69 Å². The first kappa shape index (κ1) is 24.9. The zero-order valence-electron chi connectivity index (χ0n) is 17.7. The van der Waals surface area contributed by atoms with Gasteiger partial charge in [-0.15, -0.1) is 0 Å².